The Labute approximate surface area is 77.4 Å². The molecule has 70 valence electrons. The van der Waals surface area contributed by atoms with Gasteiger partial charge in [-0.05, 0) is 18.1 Å². The largest absolute Gasteiger partial charge is 0.390 e. The van der Waals surface area contributed by atoms with Crippen LogP contribution in [0, 0.1) is 5.92 Å². The fourth-order valence-electron chi connectivity index (χ4n) is 1.41. The Morgan fingerprint density at radius 3 is 2.77 bits per heavy atom. The molecule has 13 heavy (non-hydrogen) atoms. The third-order valence-electron chi connectivity index (χ3n) is 2.28. The van der Waals surface area contributed by atoms with Gasteiger partial charge in [0.2, 0.25) is 0 Å². The Balaban J connectivity index is 1.96. The highest BCUT2D eigenvalue weighted by Crippen LogP contribution is 2.16. The average molecular weight is 179 g/mol. The van der Waals surface area contributed by atoms with Gasteiger partial charge in [0, 0.05) is 12.1 Å². The number of aromatic nitrogens is 1. The summed E-state index contributed by atoms with van der Waals surface area (Å²) in [4.78, 5) is 4.12. The van der Waals surface area contributed by atoms with Crippen molar-refractivity contribution in [2.45, 2.75) is 13.0 Å². The van der Waals surface area contributed by atoms with E-state index in [1.165, 1.54) is 5.56 Å². The van der Waals surface area contributed by atoms with E-state index in [1.54, 1.807) is 0 Å². The van der Waals surface area contributed by atoms with Gasteiger partial charge in [-0.3, -0.25) is 4.98 Å². The molecule has 0 atom stereocenters. The molecule has 1 fully saturated rings. The zero-order valence-corrected chi connectivity index (χ0v) is 7.44. The number of aliphatic hydroxyl groups is 1. The highest BCUT2D eigenvalue weighted by molar-refractivity contribution is 5.14. The number of rotatable bonds is 3. The summed E-state index contributed by atoms with van der Waals surface area (Å²) in [6.45, 7) is 1.77. The van der Waals surface area contributed by atoms with E-state index < -0.39 is 0 Å². The molecule has 0 unspecified atom stereocenters. The number of nitrogens with zero attached hydrogens (tertiary/aromatic N) is 1. The van der Waals surface area contributed by atoms with Gasteiger partial charge in [0.15, 0.2) is 0 Å². The maximum absolute atomic E-state index is 8.79. The quantitative estimate of drug-likeness (QED) is 0.745. The van der Waals surface area contributed by atoms with Crippen molar-refractivity contribution in [3.05, 3.63) is 29.6 Å². The lowest BCUT2D eigenvalue weighted by Gasteiger charge is -2.25. The minimum absolute atomic E-state index is 0.0207. The number of ether oxygens (including phenoxy) is 1. The zero-order valence-electron chi connectivity index (χ0n) is 7.44. The maximum Gasteiger partial charge on any atom is 0.0852 e. The van der Waals surface area contributed by atoms with Crippen molar-refractivity contribution < 1.29 is 9.84 Å². The molecule has 0 spiro atoms. The van der Waals surface area contributed by atoms with Crippen LogP contribution in [0.15, 0.2) is 18.3 Å². The molecular weight excluding hydrogens is 166 g/mol. The molecule has 1 aromatic rings. The van der Waals surface area contributed by atoms with Crippen LogP contribution in [0.4, 0.5) is 0 Å². The van der Waals surface area contributed by atoms with Crippen LogP contribution in [0.2, 0.25) is 0 Å². The second-order valence-electron chi connectivity index (χ2n) is 3.42. The molecule has 1 aromatic heterocycles. The van der Waals surface area contributed by atoms with E-state index in [1.807, 2.05) is 18.3 Å². The highest BCUT2D eigenvalue weighted by Gasteiger charge is 2.18. The molecule has 0 aliphatic carbocycles. The van der Waals surface area contributed by atoms with Crippen molar-refractivity contribution in [3.8, 4) is 0 Å². The topological polar surface area (TPSA) is 42.4 Å². The molecule has 0 bridgehead atoms. The normalized spacial score (nSPS) is 17.0. The van der Waals surface area contributed by atoms with E-state index >= 15 is 0 Å². The molecular formula is C10H13NO2. The van der Waals surface area contributed by atoms with Crippen LogP contribution in [-0.2, 0) is 17.8 Å². The third-order valence-corrected chi connectivity index (χ3v) is 2.28. The van der Waals surface area contributed by atoms with Crippen molar-refractivity contribution in [1.82, 2.24) is 4.98 Å². The number of hydrogen-bond acceptors (Lipinski definition) is 3. The van der Waals surface area contributed by atoms with Crippen LogP contribution < -0.4 is 0 Å². The van der Waals surface area contributed by atoms with Gasteiger partial charge in [0.1, 0.15) is 0 Å². The van der Waals surface area contributed by atoms with E-state index in [0.29, 0.717) is 5.92 Å². The number of pyridine rings is 1. The second kappa shape index (κ2) is 3.85. The first kappa shape index (κ1) is 8.66. The second-order valence-corrected chi connectivity index (χ2v) is 3.42. The Bertz CT molecular complexity index is 267. The lowest BCUT2D eigenvalue weighted by molar-refractivity contribution is -0.0312. The predicted molar refractivity (Wildman–Crippen MR) is 48.2 cm³/mol. The summed E-state index contributed by atoms with van der Waals surface area (Å²) >= 11 is 0. The first-order valence-electron chi connectivity index (χ1n) is 4.51. The molecule has 2 heterocycles. The molecule has 1 N–H and O–H groups in total. The van der Waals surface area contributed by atoms with Gasteiger partial charge in [0.25, 0.3) is 0 Å². The van der Waals surface area contributed by atoms with Gasteiger partial charge in [-0.25, -0.2) is 0 Å². The summed E-state index contributed by atoms with van der Waals surface area (Å²) < 4.78 is 5.09. The summed E-state index contributed by atoms with van der Waals surface area (Å²) in [5, 5.41) is 8.79. The number of aliphatic hydroxyl groups excluding tert-OH is 1. The fourth-order valence-corrected chi connectivity index (χ4v) is 1.41. The van der Waals surface area contributed by atoms with Crippen LogP contribution in [0.3, 0.4) is 0 Å². The first-order chi connectivity index (χ1) is 6.38. The third kappa shape index (κ3) is 2.05. The summed E-state index contributed by atoms with van der Waals surface area (Å²) in [6, 6.07) is 3.89. The molecule has 1 aliphatic rings. The van der Waals surface area contributed by atoms with E-state index in [0.717, 1.165) is 25.3 Å². The highest BCUT2D eigenvalue weighted by atomic mass is 16.5. The minimum Gasteiger partial charge on any atom is -0.390 e. The monoisotopic (exact) mass is 179 g/mol. The van der Waals surface area contributed by atoms with Crippen molar-refractivity contribution in [3.63, 3.8) is 0 Å². The van der Waals surface area contributed by atoms with Crippen LogP contribution >= 0.6 is 0 Å². The molecule has 0 radical (unpaired) electrons. The predicted octanol–water partition coefficient (Wildman–Crippen LogP) is 0.763. The van der Waals surface area contributed by atoms with Crippen LogP contribution in [0.5, 0.6) is 0 Å². The lowest BCUT2D eigenvalue weighted by Crippen LogP contribution is -2.29. The lowest BCUT2D eigenvalue weighted by atomic mass is 9.99. The van der Waals surface area contributed by atoms with Gasteiger partial charge in [0.05, 0.1) is 25.5 Å². The van der Waals surface area contributed by atoms with E-state index in [4.69, 9.17) is 9.84 Å². The minimum atomic E-state index is 0.0207. The Kier molecular flexibility index (Phi) is 2.57. The summed E-state index contributed by atoms with van der Waals surface area (Å²) in [5.41, 5.74) is 1.96. The summed E-state index contributed by atoms with van der Waals surface area (Å²) in [5.74, 6) is 0.668. The molecule has 1 saturated heterocycles. The SMILES string of the molecule is OCc1ccc(CC2COC2)cn1. The van der Waals surface area contributed by atoms with Gasteiger partial charge < -0.3 is 9.84 Å². The van der Waals surface area contributed by atoms with Crippen molar-refractivity contribution in [2.75, 3.05) is 13.2 Å². The van der Waals surface area contributed by atoms with Crippen molar-refractivity contribution in [1.29, 1.82) is 0 Å². The van der Waals surface area contributed by atoms with E-state index in [-0.39, 0.29) is 6.61 Å². The van der Waals surface area contributed by atoms with Gasteiger partial charge in [-0.2, -0.15) is 0 Å². The summed E-state index contributed by atoms with van der Waals surface area (Å²) in [7, 11) is 0. The molecule has 3 nitrogen and oxygen atoms in total. The standard InChI is InChI=1S/C10H13NO2/c12-5-10-2-1-8(4-11-10)3-9-6-13-7-9/h1-2,4,9,12H,3,5-7H2. The van der Waals surface area contributed by atoms with E-state index in [9.17, 15) is 0 Å². The van der Waals surface area contributed by atoms with E-state index in [2.05, 4.69) is 4.98 Å². The number of hydrogen-bond donors (Lipinski definition) is 1. The Morgan fingerprint density at radius 1 is 1.46 bits per heavy atom. The average Bonchev–Trinajstić information content (AvgIpc) is 2.12. The fraction of sp³-hybridized carbons (Fsp3) is 0.500. The van der Waals surface area contributed by atoms with Crippen LogP contribution in [-0.4, -0.2) is 23.3 Å². The van der Waals surface area contributed by atoms with Gasteiger partial charge in [-0.1, -0.05) is 6.07 Å². The van der Waals surface area contributed by atoms with Crippen molar-refractivity contribution in [2.24, 2.45) is 5.92 Å². The Hall–Kier alpha value is -0.930. The zero-order chi connectivity index (χ0) is 9.10. The molecule has 2 rings (SSSR count). The first-order valence-corrected chi connectivity index (χ1v) is 4.51. The molecule has 0 aromatic carbocycles. The molecule has 0 saturated carbocycles. The van der Waals surface area contributed by atoms with Crippen molar-refractivity contribution >= 4 is 0 Å². The smallest absolute Gasteiger partial charge is 0.0852 e. The van der Waals surface area contributed by atoms with Crippen LogP contribution in [0.25, 0.3) is 0 Å². The summed E-state index contributed by atoms with van der Waals surface area (Å²) in [6.07, 6.45) is 2.88. The Morgan fingerprint density at radius 2 is 2.31 bits per heavy atom. The van der Waals surface area contributed by atoms with Gasteiger partial charge >= 0.3 is 0 Å². The van der Waals surface area contributed by atoms with Crippen LogP contribution in [0.1, 0.15) is 11.3 Å². The maximum atomic E-state index is 8.79. The molecule has 3 heteroatoms. The van der Waals surface area contributed by atoms with Gasteiger partial charge in [-0.15, -0.1) is 0 Å². The molecule has 0 amide bonds. The molecule has 1 aliphatic heterocycles.